The molecule has 1 fully saturated rings. The molecule has 16 heavy (non-hydrogen) atoms. The van der Waals surface area contributed by atoms with Crippen LogP contribution in [0.4, 0.5) is 13.2 Å². The topological polar surface area (TPSA) is 29.3 Å². The van der Waals surface area contributed by atoms with Gasteiger partial charge in [-0.15, -0.1) is 0 Å². The van der Waals surface area contributed by atoms with Gasteiger partial charge in [-0.1, -0.05) is 19.8 Å². The van der Waals surface area contributed by atoms with Crippen LogP contribution in [0.15, 0.2) is 0 Å². The molecule has 2 atom stereocenters. The van der Waals surface area contributed by atoms with E-state index in [1.54, 1.807) is 6.92 Å². The van der Waals surface area contributed by atoms with Crippen molar-refractivity contribution in [1.29, 1.82) is 0 Å². The molecule has 1 aliphatic carbocycles. The van der Waals surface area contributed by atoms with Crippen LogP contribution in [0, 0.1) is 5.92 Å². The van der Waals surface area contributed by atoms with Crippen molar-refractivity contribution in [1.82, 2.24) is 4.90 Å². The molecular weight excluding hydrogens is 217 g/mol. The van der Waals surface area contributed by atoms with Crippen molar-refractivity contribution in [2.45, 2.75) is 44.8 Å². The molecular formula is C11H21F3N2. The van der Waals surface area contributed by atoms with Crippen LogP contribution in [0.3, 0.4) is 0 Å². The molecule has 0 aromatic rings. The number of alkyl halides is 3. The molecule has 1 rings (SSSR count). The van der Waals surface area contributed by atoms with Crippen LogP contribution >= 0.6 is 0 Å². The maximum Gasteiger partial charge on any atom is 0.401 e. The molecule has 0 radical (unpaired) electrons. The molecule has 0 aromatic carbocycles. The standard InChI is InChI=1S/C11H21F3N2/c1-2-16(8-11(12,13)14)7-9-5-3-4-6-10(9)15/h9-10H,2-8,15H2,1H3. The van der Waals surface area contributed by atoms with Gasteiger partial charge in [0.2, 0.25) is 0 Å². The zero-order valence-electron chi connectivity index (χ0n) is 9.76. The summed E-state index contributed by atoms with van der Waals surface area (Å²) < 4.78 is 36.8. The van der Waals surface area contributed by atoms with E-state index in [4.69, 9.17) is 5.73 Å². The van der Waals surface area contributed by atoms with Crippen LogP contribution in [0.1, 0.15) is 32.6 Å². The first-order valence-electron chi connectivity index (χ1n) is 5.97. The molecule has 0 amide bonds. The molecule has 2 N–H and O–H groups in total. The van der Waals surface area contributed by atoms with Gasteiger partial charge in [0.1, 0.15) is 0 Å². The van der Waals surface area contributed by atoms with E-state index in [0.717, 1.165) is 25.7 Å². The minimum atomic E-state index is -4.10. The van der Waals surface area contributed by atoms with Gasteiger partial charge in [-0.25, -0.2) is 0 Å². The lowest BCUT2D eigenvalue weighted by Gasteiger charge is -2.33. The number of rotatable bonds is 4. The zero-order chi connectivity index (χ0) is 12.2. The predicted molar refractivity (Wildman–Crippen MR) is 58.1 cm³/mol. The molecule has 1 saturated carbocycles. The van der Waals surface area contributed by atoms with E-state index in [9.17, 15) is 13.2 Å². The van der Waals surface area contributed by atoms with Gasteiger partial charge < -0.3 is 5.73 Å². The summed E-state index contributed by atoms with van der Waals surface area (Å²) in [6.45, 7) is 1.87. The van der Waals surface area contributed by atoms with Gasteiger partial charge in [0.15, 0.2) is 0 Å². The third kappa shape index (κ3) is 4.70. The number of nitrogens with two attached hydrogens (primary N) is 1. The van der Waals surface area contributed by atoms with Gasteiger partial charge in [0.05, 0.1) is 6.54 Å². The Labute approximate surface area is 95.0 Å². The minimum absolute atomic E-state index is 0.0797. The fourth-order valence-corrected chi connectivity index (χ4v) is 2.35. The lowest BCUT2D eigenvalue weighted by Crippen LogP contribution is -2.44. The number of hydrogen-bond donors (Lipinski definition) is 1. The molecule has 0 bridgehead atoms. The lowest BCUT2D eigenvalue weighted by atomic mass is 9.85. The lowest BCUT2D eigenvalue weighted by molar-refractivity contribution is -0.147. The maximum atomic E-state index is 12.3. The number of nitrogens with zero attached hydrogens (tertiary/aromatic N) is 1. The Hall–Kier alpha value is -0.290. The Balaban J connectivity index is 2.42. The predicted octanol–water partition coefficient (Wildman–Crippen LogP) is 2.39. The van der Waals surface area contributed by atoms with Crippen molar-refractivity contribution in [3.63, 3.8) is 0 Å². The molecule has 0 spiro atoms. The highest BCUT2D eigenvalue weighted by molar-refractivity contribution is 4.80. The Morgan fingerprint density at radius 3 is 2.38 bits per heavy atom. The number of hydrogen-bond acceptors (Lipinski definition) is 2. The average molecular weight is 238 g/mol. The van der Waals surface area contributed by atoms with Crippen LogP contribution in [0.25, 0.3) is 0 Å². The molecule has 2 unspecified atom stereocenters. The Morgan fingerprint density at radius 1 is 1.25 bits per heavy atom. The van der Waals surface area contributed by atoms with Gasteiger partial charge in [-0.2, -0.15) is 13.2 Å². The first-order valence-corrected chi connectivity index (χ1v) is 5.97. The Morgan fingerprint density at radius 2 is 1.88 bits per heavy atom. The quantitative estimate of drug-likeness (QED) is 0.814. The molecule has 96 valence electrons. The summed E-state index contributed by atoms with van der Waals surface area (Å²) in [5.41, 5.74) is 5.94. The van der Waals surface area contributed by atoms with Crippen LogP contribution in [0.5, 0.6) is 0 Å². The molecule has 5 heteroatoms. The van der Waals surface area contributed by atoms with Crippen LogP contribution in [-0.4, -0.2) is 36.8 Å². The summed E-state index contributed by atoms with van der Waals surface area (Å²) in [5, 5.41) is 0. The second kappa shape index (κ2) is 5.87. The van der Waals surface area contributed by atoms with E-state index in [0.29, 0.717) is 13.1 Å². The van der Waals surface area contributed by atoms with E-state index in [1.807, 2.05) is 0 Å². The van der Waals surface area contributed by atoms with Crippen LogP contribution in [-0.2, 0) is 0 Å². The summed E-state index contributed by atoms with van der Waals surface area (Å²) in [6, 6.07) is 0.0797. The highest BCUT2D eigenvalue weighted by atomic mass is 19.4. The summed E-state index contributed by atoms with van der Waals surface area (Å²) in [6.07, 6.45) is 0.0313. The highest BCUT2D eigenvalue weighted by Gasteiger charge is 2.32. The van der Waals surface area contributed by atoms with Crippen molar-refractivity contribution < 1.29 is 13.2 Å². The average Bonchev–Trinajstić information content (AvgIpc) is 2.18. The monoisotopic (exact) mass is 238 g/mol. The Bertz CT molecular complexity index is 206. The fourth-order valence-electron chi connectivity index (χ4n) is 2.35. The van der Waals surface area contributed by atoms with E-state index < -0.39 is 12.7 Å². The molecule has 0 heterocycles. The molecule has 0 aliphatic heterocycles. The number of halogens is 3. The van der Waals surface area contributed by atoms with Crippen molar-refractivity contribution in [2.24, 2.45) is 11.7 Å². The minimum Gasteiger partial charge on any atom is -0.327 e. The van der Waals surface area contributed by atoms with E-state index in [2.05, 4.69) is 0 Å². The summed E-state index contributed by atoms with van der Waals surface area (Å²) in [4.78, 5) is 1.45. The van der Waals surface area contributed by atoms with E-state index in [1.165, 1.54) is 4.90 Å². The summed E-state index contributed by atoms with van der Waals surface area (Å²) in [5.74, 6) is 0.232. The van der Waals surface area contributed by atoms with Gasteiger partial charge in [0, 0.05) is 12.6 Å². The summed E-state index contributed by atoms with van der Waals surface area (Å²) in [7, 11) is 0. The third-order valence-corrected chi connectivity index (χ3v) is 3.31. The van der Waals surface area contributed by atoms with Gasteiger partial charge in [-0.05, 0) is 25.3 Å². The Kier molecular flexibility index (Phi) is 5.05. The smallest absolute Gasteiger partial charge is 0.327 e. The van der Waals surface area contributed by atoms with E-state index >= 15 is 0 Å². The molecule has 2 nitrogen and oxygen atoms in total. The van der Waals surface area contributed by atoms with Crippen LogP contribution < -0.4 is 5.73 Å². The first kappa shape index (κ1) is 13.8. The zero-order valence-corrected chi connectivity index (χ0v) is 9.76. The first-order chi connectivity index (χ1) is 7.42. The van der Waals surface area contributed by atoms with Crippen molar-refractivity contribution >= 4 is 0 Å². The molecule has 0 aromatic heterocycles. The third-order valence-electron chi connectivity index (χ3n) is 3.31. The normalized spacial score (nSPS) is 27.4. The van der Waals surface area contributed by atoms with E-state index in [-0.39, 0.29) is 12.0 Å². The second-order valence-corrected chi connectivity index (χ2v) is 4.65. The summed E-state index contributed by atoms with van der Waals surface area (Å²) >= 11 is 0. The van der Waals surface area contributed by atoms with Gasteiger partial charge in [-0.3, -0.25) is 4.90 Å². The molecule has 0 saturated heterocycles. The van der Waals surface area contributed by atoms with Crippen molar-refractivity contribution in [2.75, 3.05) is 19.6 Å². The highest BCUT2D eigenvalue weighted by Crippen LogP contribution is 2.25. The van der Waals surface area contributed by atoms with Gasteiger partial charge in [0.25, 0.3) is 0 Å². The SMILES string of the molecule is CCN(CC1CCCCC1N)CC(F)(F)F. The van der Waals surface area contributed by atoms with Crippen LogP contribution in [0.2, 0.25) is 0 Å². The van der Waals surface area contributed by atoms with Crippen molar-refractivity contribution in [3.05, 3.63) is 0 Å². The largest absolute Gasteiger partial charge is 0.401 e. The van der Waals surface area contributed by atoms with Crippen molar-refractivity contribution in [3.8, 4) is 0 Å². The molecule has 1 aliphatic rings. The fraction of sp³-hybridized carbons (Fsp3) is 1.00. The maximum absolute atomic E-state index is 12.3. The van der Waals surface area contributed by atoms with Gasteiger partial charge >= 0.3 is 6.18 Å². The second-order valence-electron chi connectivity index (χ2n) is 4.65.